The quantitative estimate of drug-likeness (QED) is 0.0793. The number of nitrogens with one attached hydrogen (secondary N) is 2. The van der Waals surface area contributed by atoms with E-state index >= 15 is 4.39 Å². The van der Waals surface area contributed by atoms with Gasteiger partial charge in [-0.3, -0.25) is 9.79 Å². The number of halogens is 1. The van der Waals surface area contributed by atoms with Crippen LogP contribution in [-0.4, -0.2) is 63.8 Å². The zero-order valence-electron chi connectivity index (χ0n) is 29.1. The molecule has 0 aliphatic carbocycles. The van der Waals surface area contributed by atoms with Gasteiger partial charge >= 0.3 is 0 Å². The van der Waals surface area contributed by atoms with E-state index in [0.717, 1.165) is 42.9 Å². The highest BCUT2D eigenvalue weighted by Crippen LogP contribution is 2.36. The molecule has 0 unspecified atom stereocenters. The van der Waals surface area contributed by atoms with Crippen LogP contribution in [0.4, 0.5) is 21.5 Å². The lowest BCUT2D eigenvalue weighted by Gasteiger charge is -2.35. The minimum Gasteiger partial charge on any atom is -0.491 e. The molecule has 0 saturated carbocycles. The predicted octanol–water partition coefficient (Wildman–Crippen LogP) is 8.36. The molecule has 0 radical (unpaired) electrons. The van der Waals surface area contributed by atoms with E-state index in [0.29, 0.717) is 48.1 Å². The van der Waals surface area contributed by atoms with Gasteiger partial charge in [-0.25, -0.2) is 4.39 Å². The normalized spacial score (nSPS) is 11.9. The Morgan fingerprint density at radius 1 is 1.11 bits per heavy atom. The van der Waals surface area contributed by atoms with E-state index < -0.39 is 0 Å². The Kier molecular flexibility index (Phi) is 17.8. The summed E-state index contributed by atoms with van der Waals surface area (Å²) in [5.74, 6) is 0.500. The SMILES string of the molecule is CC=Nc1cc(OCCOC)cc(F)c1C(Nc1ccc(NC)cc1)=C(C)CC.CCCN(CC(C)(C)C(C)C)C(=O)CC=O. The first-order valence-electron chi connectivity index (χ1n) is 15.8. The molecule has 0 aliphatic heterocycles. The third-order valence-electron chi connectivity index (χ3n) is 7.78. The lowest BCUT2D eigenvalue weighted by atomic mass is 9.80. The van der Waals surface area contributed by atoms with E-state index in [-0.39, 0.29) is 23.6 Å². The van der Waals surface area contributed by atoms with Crippen LogP contribution in [0.15, 0.2) is 47.0 Å². The second kappa shape index (κ2) is 20.3. The molecule has 0 fully saturated rings. The highest BCUT2D eigenvalue weighted by Gasteiger charge is 2.27. The van der Waals surface area contributed by atoms with Crippen molar-refractivity contribution in [1.82, 2.24) is 4.90 Å². The number of allylic oxidation sites excluding steroid dienone is 1. The van der Waals surface area contributed by atoms with Crippen LogP contribution in [0.5, 0.6) is 5.75 Å². The number of aldehydes is 1. The van der Waals surface area contributed by atoms with Crippen LogP contribution in [0.2, 0.25) is 0 Å². The van der Waals surface area contributed by atoms with Gasteiger partial charge < -0.3 is 29.8 Å². The Balaban J connectivity index is 0.000000538. The Labute approximate surface area is 270 Å². The number of rotatable bonds is 17. The van der Waals surface area contributed by atoms with E-state index in [2.05, 4.69) is 43.3 Å². The molecule has 250 valence electrons. The number of aliphatic imine (C=N–C) groups is 1. The van der Waals surface area contributed by atoms with E-state index in [1.165, 1.54) is 6.07 Å². The maximum atomic E-state index is 15.2. The van der Waals surface area contributed by atoms with Gasteiger partial charge in [0.2, 0.25) is 5.91 Å². The topological polar surface area (TPSA) is 92.3 Å². The van der Waals surface area contributed by atoms with Crippen LogP contribution in [-0.2, 0) is 14.3 Å². The number of anilines is 2. The van der Waals surface area contributed by atoms with Gasteiger partial charge in [0.05, 0.1) is 24.3 Å². The monoisotopic (exact) mass is 626 g/mol. The number of carbonyl (C=O) groups excluding carboxylic acids is 2. The standard InChI is InChI=1S/C23H30FN3O2.C13H25NO2/c1-6-16(3)23(27-18-10-8-17(25-4)9-11-18)22-20(24)14-19(29-13-12-28-5)15-21(22)26-7-2;1-6-8-14(12(16)7-9-15)10-13(4,5)11(2)3/h7-11,14-15,25,27H,6,12-13H2,1-5H3;9,11H,6-8,10H2,1-5H3. The van der Waals surface area contributed by atoms with Gasteiger partial charge in [-0.05, 0) is 67.9 Å². The summed E-state index contributed by atoms with van der Waals surface area (Å²) >= 11 is 0. The van der Waals surface area contributed by atoms with Gasteiger partial charge in [0.15, 0.2) is 0 Å². The molecular weight excluding hydrogens is 571 g/mol. The average Bonchev–Trinajstić information content (AvgIpc) is 3.00. The fourth-order valence-electron chi connectivity index (χ4n) is 4.24. The van der Waals surface area contributed by atoms with Crippen molar-refractivity contribution < 1.29 is 23.5 Å². The summed E-state index contributed by atoms with van der Waals surface area (Å²) in [6.07, 6.45) is 4.05. The molecule has 9 heteroatoms. The second-order valence-electron chi connectivity index (χ2n) is 11.8. The maximum Gasteiger partial charge on any atom is 0.229 e. The van der Waals surface area contributed by atoms with Gasteiger partial charge in [0.25, 0.3) is 0 Å². The second-order valence-corrected chi connectivity index (χ2v) is 11.8. The van der Waals surface area contributed by atoms with Gasteiger partial charge in [0.1, 0.15) is 24.5 Å². The van der Waals surface area contributed by atoms with Crippen LogP contribution in [0.1, 0.15) is 80.2 Å². The van der Waals surface area contributed by atoms with Crippen LogP contribution in [0.25, 0.3) is 5.70 Å². The molecule has 0 saturated heterocycles. The van der Waals surface area contributed by atoms with Gasteiger partial charge in [-0.2, -0.15) is 0 Å². The molecule has 2 rings (SSSR count). The molecule has 0 atom stereocenters. The maximum absolute atomic E-state index is 15.2. The summed E-state index contributed by atoms with van der Waals surface area (Å²) in [6, 6.07) is 11.0. The molecule has 0 heterocycles. The molecular formula is C36H55FN4O4. The summed E-state index contributed by atoms with van der Waals surface area (Å²) in [7, 11) is 3.47. The highest BCUT2D eigenvalue weighted by molar-refractivity contribution is 5.88. The Morgan fingerprint density at radius 3 is 2.27 bits per heavy atom. The first-order chi connectivity index (χ1) is 21.4. The third-order valence-corrected chi connectivity index (χ3v) is 7.78. The molecule has 8 nitrogen and oxygen atoms in total. The molecule has 2 aromatic rings. The first-order valence-corrected chi connectivity index (χ1v) is 15.8. The minimum atomic E-state index is -0.386. The first kappa shape index (κ1) is 39.3. The van der Waals surface area contributed by atoms with Gasteiger partial charge in [0, 0.05) is 62.7 Å². The van der Waals surface area contributed by atoms with E-state index in [1.807, 2.05) is 57.0 Å². The molecule has 2 aromatic carbocycles. The van der Waals surface area contributed by atoms with E-state index in [9.17, 15) is 9.59 Å². The van der Waals surface area contributed by atoms with Crippen molar-refractivity contribution in [3.63, 3.8) is 0 Å². The molecule has 1 amide bonds. The molecule has 2 N–H and O–H groups in total. The number of carbonyl (C=O) groups is 2. The molecule has 45 heavy (non-hydrogen) atoms. The van der Waals surface area contributed by atoms with Crippen molar-refractivity contribution in [2.75, 3.05) is 51.1 Å². The Morgan fingerprint density at radius 2 is 1.76 bits per heavy atom. The highest BCUT2D eigenvalue weighted by atomic mass is 19.1. The van der Waals surface area contributed by atoms with Crippen molar-refractivity contribution in [1.29, 1.82) is 0 Å². The van der Waals surface area contributed by atoms with Gasteiger partial charge in [-0.15, -0.1) is 0 Å². The lowest BCUT2D eigenvalue weighted by molar-refractivity contribution is -0.134. The van der Waals surface area contributed by atoms with E-state index in [4.69, 9.17) is 9.47 Å². The smallest absolute Gasteiger partial charge is 0.229 e. The molecule has 0 spiro atoms. The number of ether oxygens (including phenoxy) is 2. The summed E-state index contributed by atoms with van der Waals surface area (Å²) < 4.78 is 25.8. The summed E-state index contributed by atoms with van der Waals surface area (Å²) in [6.45, 7) is 18.8. The van der Waals surface area contributed by atoms with Crippen molar-refractivity contribution in [2.24, 2.45) is 16.3 Å². The number of hydrogen-bond donors (Lipinski definition) is 2. The van der Waals surface area contributed by atoms with Crippen LogP contribution in [0, 0.1) is 17.2 Å². The Hall–Kier alpha value is -3.72. The minimum absolute atomic E-state index is 0.00811. The van der Waals surface area contributed by atoms with Crippen molar-refractivity contribution in [3.05, 3.63) is 53.4 Å². The summed E-state index contributed by atoms with van der Waals surface area (Å²) in [5, 5.41) is 6.48. The largest absolute Gasteiger partial charge is 0.491 e. The number of nitrogens with zero attached hydrogens (tertiary/aromatic N) is 2. The Bertz CT molecular complexity index is 1260. The van der Waals surface area contributed by atoms with Crippen LogP contribution >= 0.6 is 0 Å². The summed E-state index contributed by atoms with van der Waals surface area (Å²) in [5.41, 5.74) is 4.66. The van der Waals surface area contributed by atoms with E-state index in [1.54, 1.807) is 26.3 Å². The molecule has 0 aliphatic rings. The van der Waals surface area contributed by atoms with Crippen LogP contribution < -0.4 is 15.4 Å². The van der Waals surface area contributed by atoms with Crippen LogP contribution in [0.3, 0.4) is 0 Å². The molecule has 0 aromatic heterocycles. The fraction of sp³-hybridized carbons (Fsp3) is 0.528. The van der Waals surface area contributed by atoms with Crippen molar-refractivity contribution in [2.45, 2.75) is 74.7 Å². The number of methoxy groups -OCH3 is 1. The fourth-order valence-corrected chi connectivity index (χ4v) is 4.24. The molecule has 0 bridgehead atoms. The van der Waals surface area contributed by atoms with Crippen molar-refractivity contribution in [3.8, 4) is 5.75 Å². The average molecular weight is 627 g/mol. The van der Waals surface area contributed by atoms with Crippen molar-refractivity contribution >= 4 is 41.2 Å². The zero-order valence-corrected chi connectivity index (χ0v) is 29.1. The third kappa shape index (κ3) is 13.0. The zero-order chi connectivity index (χ0) is 34.0. The summed E-state index contributed by atoms with van der Waals surface area (Å²) in [4.78, 5) is 28.3. The lowest BCUT2D eigenvalue weighted by Crippen LogP contribution is -2.41. The number of amides is 1. The number of benzene rings is 2. The number of hydrogen-bond acceptors (Lipinski definition) is 7. The van der Waals surface area contributed by atoms with Gasteiger partial charge in [-0.1, -0.05) is 41.5 Å². The predicted molar refractivity (Wildman–Crippen MR) is 186 cm³/mol.